The zero-order valence-electron chi connectivity index (χ0n) is 6.02. The summed E-state index contributed by atoms with van der Waals surface area (Å²) in [7, 11) is 0. The molecule has 0 radical (unpaired) electrons. The van der Waals surface area contributed by atoms with Gasteiger partial charge in [-0.2, -0.15) is 0 Å². The van der Waals surface area contributed by atoms with Crippen LogP contribution in [0.5, 0.6) is 0 Å². The van der Waals surface area contributed by atoms with E-state index in [2.05, 4.69) is 15.3 Å². The van der Waals surface area contributed by atoms with Crippen LogP contribution in [0, 0.1) is 0 Å². The molecule has 0 aliphatic carbocycles. The summed E-state index contributed by atoms with van der Waals surface area (Å²) in [5.41, 5.74) is -0.322. The Morgan fingerprint density at radius 1 is 1.82 bits per heavy atom. The predicted molar refractivity (Wildman–Crippen MR) is 44.0 cm³/mol. The molecule has 0 aromatic carbocycles. The van der Waals surface area contributed by atoms with Crippen LogP contribution in [-0.2, 0) is 0 Å². The fraction of sp³-hybridized carbons (Fsp3) is 0.333. The van der Waals surface area contributed by atoms with E-state index >= 15 is 0 Å². The average Bonchev–Trinajstić information content (AvgIpc) is 1.98. The molecular formula is C6H8ClN3O. The second kappa shape index (κ2) is 3.39. The number of hydrogen-bond donors (Lipinski definition) is 2. The Kier molecular flexibility index (Phi) is 2.48. The van der Waals surface area contributed by atoms with E-state index < -0.39 is 0 Å². The Balaban J connectivity index is 2.96. The van der Waals surface area contributed by atoms with Crippen LogP contribution < -0.4 is 10.9 Å². The van der Waals surface area contributed by atoms with Crippen LogP contribution in [0.2, 0.25) is 5.02 Å². The first-order chi connectivity index (χ1) is 5.24. The molecule has 1 aromatic rings. The minimum absolute atomic E-state index is 0.103. The van der Waals surface area contributed by atoms with Gasteiger partial charge in [-0.25, -0.2) is 4.98 Å². The van der Waals surface area contributed by atoms with Crippen molar-refractivity contribution in [3.63, 3.8) is 0 Å². The molecule has 0 atom stereocenters. The number of rotatable bonds is 2. The summed E-state index contributed by atoms with van der Waals surface area (Å²) in [6, 6.07) is 0. The molecule has 0 saturated heterocycles. The predicted octanol–water partition coefficient (Wildman–Crippen LogP) is 0.855. The highest BCUT2D eigenvalue weighted by Crippen LogP contribution is 1.98. The first-order valence-electron chi connectivity index (χ1n) is 3.22. The van der Waals surface area contributed by atoms with Crippen LogP contribution in [-0.4, -0.2) is 16.5 Å². The van der Waals surface area contributed by atoms with Gasteiger partial charge in [0.05, 0.1) is 6.20 Å². The maximum absolute atomic E-state index is 10.8. The molecular weight excluding hydrogens is 166 g/mol. The van der Waals surface area contributed by atoms with Crippen LogP contribution in [0.25, 0.3) is 0 Å². The van der Waals surface area contributed by atoms with Crippen molar-refractivity contribution in [1.82, 2.24) is 9.97 Å². The summed E-state index contributed by atoms with van der Waals surface area (Å²) < 4.78 is 0. The lowest BCUT2D eigenvalue weighted by Gasteiger charge is -1.99. The topological polar surface area (TPSA) is 57.8 Å². The van der Waals surface area contributed by atoms with Gasteiger partial charge in [0.15, 0.2) is 0 Å². The van der Waals surface area contributed by atoms with Gasteiger partial charge in [0.1, 0.15) is 5.02 Å². The summed E-state index contributed by atoms with van der Waals surface area (Å²) in [6.07, 6.45) is 1.32. The summed E-state index contributed by atoms with van der Waals surface area (Å²) in [4.78, 5) is 17.1. The molecule has 1 rings (SSSR count). The molecule has 0 unspecified atom stereocenters. The quantitative estimate of drug-likeness (QED) is 0.698. The third kappa shape index (κ3) is 1.94. The molecule has 60 valence electrons. The summed E-state index contributed by atoms with van der Waals surface area (Å²) >= 11 is 5.45. The summed E-state index contributed by atoms with van der Waals surface area (Å²) in [6.45, 7) is 2.62. The third-order valence-corrected chi connectivity index (χ3v) is 1.37. The van der Waals surface area contributed by atoms with Gasteiger partial charge < -0.3 is 5.32 Å². The van der Waals surface area contributed by atoms with Gasteiger partial charge in [-0.05, 0) is 6.92 Å². The SMILES string of the molecule is CCNc1ncc(Cl)c(=O)[nH]1. The molecule has 4 nitrogen and oxygen atoms in total. The van der Waals surface area contributed by atoms with E-state index in [9.17, 15) is 4.79 Å². The number of hydrogen-bond acceptors (Lipinski definition) is 3. The molecule has 11 heavy (non-hydrogen) atoms. The first kappa shape index (κ1) is 8.07. The summed E-state index contributed by atoms with van der Waals surface area (Å²) in [5.74, 6) is 0.446. The minimum Gasteiger partial charge on any atom is -0.356 e. The largest absolute Gasteiger partial charge is 0.356 e. The van der Waals surface area contributed by atoms with Crippen LogP contribution >= 0.6 is 11.6 Å². The highest BCUT2D eigenvalue weighted by Gasteiger charge is 1.96. The van der Waals surface area contributed by atoms with Crippen molar-refractivity contribution >= 4 is 17.5 Å². The van der Waals surface area contributed by atoms with E-state index in [1.807, 2.05) is 6.92 Å². The lowest BCUT2D eigenvalue weighted by atomic mass is 10.6. The van der Waals surface area contributed by atoms with E-state index in [1.165, 1.54) is 6.20 Å². The Morgan fingerprint density at radius 2 is 2.55 bits per heavy atom. The lowest BCUT2D eigenvalue weighted by Crippen LogP contribution is -2.12. The molecule has 0 saturated carbocycles. The standard InChI is InChI=1S/C6H8ClN3O/c1-2-8-6-9-3-4(7)5(11)10-6/h3H,2H2,1H3,(H2,8,9,10,11). The summed E-state index contributed by atoms with van der Waals surface area (Å²) in [5, 5.41) is 2.95. The van der Waals surface area contributed by atoms with Crippen molar-refractivity contribution in [1.29, 1.82) is 0 Å². The van der Waals surface area contributed by atoms with E-state index in [4.69, 9.17) is 11.6 Å². The van der Waals surface area contributed by atoms with Gasteiger partial charge in [-0.3, -0.25) is 9.78 Å². The molecule has 0 spiro atoms. The van der Waals surface area contributed by atoms with Crippen molar-refractivity contribution < 1.29 is 0 Å². The monoisotopic (exact) mass is 173 g/mol. The van der Waals surface area contributed by atoms with Crippen molar-refractivity contribution in [3.8, 4) is 0 Å². The molecule has 0 bridgehead atoms. The van der Waals surface area contributed by atoms with E-state index in [-0.39, 0.29) is 10.6 Å². The number of aromatic nitrogens is 2. The van der Waals surface area contributed by atoms with Crippen molar-refractivity contribution in [2.24, 2.45) is 0 Å². The normalized spacial score (nSPS) is 9.64. The second-order valence-corrected chi connectivity index (χ2v) is 2.35. The number of aromatic amines is 1. The molecule has 1 aromatic heterocycles. The van der Waals surface area contributed by atoms with Gasteiger partial charge in [0.25, 0.3) is 5.56 Å². The van der Waals surface area contributed by atoms with Crippen LogP contribution in [0.4, 0.5) is 5.95 Å². The Hall–Kier alpha value is -1.03. The van der Waals surface area contributed by atoms with Gasteiger partial charge in [0, 0.05) is 6.54 Å². The smallest absolute Gasteiger partial charge is 0.271 e. The molecule has 2 N–H and O–H groups in total. The molecule has 5 heteroatoms. The molecule has 0 aliphatic heterocycles. The number of anilines is 1. The van der Waals surface area contributed by atoms with Crippen LogP contribution in [0.1, 0.15) is 6.92 Å². The molecule has 1 heterocycles. The second-order valence-electron chi connectivity index (χ2n) is 1.94. The number of H-pyrrole nitrogens is 1. The van der Waals surface area contributed by atoms with Gasteiger partial charge >= 0.3 is 0 Å². The Bertz CT molecular complexity index is 296. The number of halogens is 1. The van der Waals surface area contributed by atoms with Crippen molar-refractivity contribution in [3.05, 3.63) is 21.6 Å². The van der Waals surface area contributed by atoms with Crippen molar-refractivity contribution in [2.45, 2.75) is 6.92 Å². The van der Waals surface area contributed by atoms with E-state index in [0.29, 0.717) is 12.5 Å². The fourth-order valence-electron chi connectivity index (χ4n) is 0.637. The highest BCUT2D eigenvalue weighted by atomic mass is 35.5. The Labute approximate surface area is 68.6 Å². The average molecular weight is 174 g/mol. The maximum atomic E-state index is 10.8. The fourth-order valence-corrected chi connectivity index (χ4v) is 0.733. The number of nitrogens with zero attached hydrogens (tertiary/aromatic N) is 1. The zero-order chi connectivity index (χ0) is 8.27. The van der Waals surface area contributed by atoms with Crippen LogP contribution in [0.3, 0.4) is 0 Å². The van der Waals surface area contributed by atoms with Gasteiger partial charge in [0.2, 0.25) is 5.95 Å². The number of nitrogens with one attached hydrogen (secondary N) is 2. The van der Waals surface area contributed by atoms with Gasteiger partial charge in [-0.1, -0.05) is 11.6 Å². The van der Waals surface area contributed by atoms with Crippen LogP contribution in [0.15, 0.2) is 11.0 Å². The highest BCUT2D eigenvalue weighted by molar-refractivity contribution is 6.30. The maximum Gasteiger partial charge on any atom is 0.271 e. The first-order valence-corrected chi connectivity index (χ1v) is 3.60. The zero-order valence-corrected chi connectivity index (χ0v) is 6.77. The molecule has 0 fully saturated rings. The van der Waals surface area contributed by atoms with E-state index in [0.717, 1.165) is 0 Å². The molecule has 0 aliphatic rings. The minimum atomic E-state index is -0.322. The molecule has 0 amide bonds. The van der Waals surface area contributed by atoms with Gasteiger partial charge in [-0.15, -0.1) is 0 Å². The third-order valence-electron chi connectivity index (χ3n) is 1.10. The van der Waals surface area contributed by atoms with E-state index in [1.54, 1.807) is 0 Å². The van der Waals surface area contributed by atoms with Crippen molar-refractivity contribution in [2.75, 3.05) is 11.9 Å². The Morgan fingerprint density at radius 3 is 3.09 bits per heavy atom. The lowest BCUT2D eigenvalue weighted by molar-refractivity contribution is 1.06.